The van der Waals surface area contributed by atoms with Crippen molar-refractivity contribution in [1.82, 2.24) is 4.57 Å². The molecule has 0 radical (unpaired) electrons. The van der Waals surface area contributed by atoms with Gasteiger partial charge in [0.25, 0.3) is 0 Å². The first kappa shape index (κ1) is 33.0. The number of hydrogen-bond acceptors (Lipinski definition) is 1. The van der Waals surface area contributed by atoms with Gasteiger partial charge in [0.2, 0.25) is 0 Å². The van der Waals surface area contributed by atoms with E-state index < -0.39 is 13.5 Å². The summed E-state index contributed by atoms with van der Waals surface area (Å²) in [7, 11) is -2.89. The molecule has 272 valence electrons. The predicted octanol–water partition coefficient (Wildman–Crippen LogP) is 10.6. The van der Waals surface area contributed by atoms with Crippen LogP contribution in [0.1, 0.15) is 22.3 Å². The zero-order valence-corrected chi connectivity index (χ0v) is 32.7. The maximum absolute atomic E-state index is 7.36. The second-order valence-corrected chi connectivity index (χ2v) is 19.3. The van der Waals surface area contributed by atoms with Gasteiger partial charge in [-0.15, -0.1) is 0 Å². The van der Waals surface area contributed by atoms with Crippen LogP contribution in [0.4, 0.5) is 0 Å². The van der Waals surface area contributed by atoms with Crippen LogP contribution in [0.5, 0.6) is 11.5 Å². The second kappa shape index (κ2) is 12.7. The highest BCUT2D eigenvalue weighted by atomic mass is 28.3. The smallest absolute Gasteiger partial charge is 0.188 e. The fraction of sp³-hybridized carbons (Fsp3) is 0.0182. The van der Waals surface area contributed by atoms with Crippen LogP contribution in [0.25, 0.3) is 38.6 Å². The van der Waals surface area contributed by atoms with E-state index in [-0.39, 0.29) is 0 Å². The van der Waals surface area contributed by atoms with Gasteiger partial charge in [0.1, 0.15) is 11.5 Å². The van der Waals surface area contributed by atoms with E-state index in [1.54, 1.807) is 0 Å². The predicted molar refractivity (Wildman–Crippen MR) is 242 cm³/mol. The lowest BCUT2D eigenvalue weighted by Crippen LogP contribution is -2.76. The van der Waals surface area contributed by atoms with Crippen molar-refractivity contribution in [2.24, 2.45) is 0 Å². The number of aromatic nitrogens is 1. The third-order valence-electron chi connectivity index (χ3n) is 12.8. The molecule has 1 aliphatic heterocycles. The number of nitrogens with zero attached hydrogens (tertiary/aromatic N) is 1. The molecule has 1 aromatic heterocycles. The molecule has 0 spiro atoms. The molecule has 0 N–H and O–H groups in total. The molecule has 2 aliphatic rings. The normalized spacial score (nSPS) is 14.3. The number of rotatable bonds is 5. The fourth-order valence-corrected chi connectivity index (χ4v) is 15.5. The van der Waals surface area contributed by atoms with Crippen LogP contribution in [0.2, 0.25) is 0 Å². The Morgan fingerprint density at radius 2 is 0.948 bits per heavy atom. The van der Waals surface area contributed by atoms with E-state index in [0.29, 0.717) is 0 Å². The van der Waals surface area contributed by atoms with Gasteiger partial charge in [-0.2, -0.15) is 0 Å². The molecule has 0 unspecified atom stereocenters. The van der Waals surface area contributed by atoms with Crippen molar-refractivity contribution < 1.29 is 4.74 Å². The highest BCUT2D eigenvalue weighted by molar-refractivity contribution is 7.21. The van der Waals surface area contributed by atoms with Gasteiger partial charge in [0, 0.05) is 11.1 Å². The van der Waals surface area contributed by atoms with Crippen LogP contribution in [0, 0.1) is 0 Å². The average molecular weight is 756 g/mol. The highest BCUT2D eigenvalue weighted by Crippen LogP contribution is 2.56. The van der Waals surface area contributed by atoms with E-state index in [2.05, 4.69) is 229 Å². The molecule has 2 nitrogen and oxygen atoms in total. The number of ether oxygens (including phenoxy) is 1. The van der Waals surface area contributed by atoms with Gasteiger partial charge in [0.15, 0.2) is 8.07 Å². The standard InChI is InChI=1S/C55H37NOSi/c1-5-19-38(20-6-1)55(46-29-15-13-27-43(46)44-28-14-16-30-47(44)55)39-33-34-48-45(37-39)53-49(56(48)40-21-7-2-8-22-40)35-36-52-54(53)57-50-31-17-18-32-51(50)58(52,41-23-9-3-10-24-41)42-25-11-4-12-26-42/h1-37H. The van der Waals surface area contributed by atoms with Gasteiger partial charge >= 0.3 is 0 Å². The van der Waals surface area contributed by atoms with Gasteiger partial charge in [-0.05, 0) is 90.5 Å². The molecule has 0 saturated heterocycles. The summed E-state index contributed by atoms with van der Waals surface area (Å²) in [4.78, 5) is 0. The Labute approximate surface area is 338 Å². The summed E-state index contributed by atoms with van der Waals surface area (Å²) in [5, 5.41) is 7.53. The third-order valence-corrected chi connectivity index (χ3v) is 17.6. The van der Waals surface area contributed by atoms with Crippen molar-refractivity contribution in [3.63, 3.8) is 0 Å². The zero-order chi connectivity index (χ0) is 38.3. The van der Waals surface area contributed by atoms with Crippen molar-refractivity contribution in [2.45, 2.75) is 5.41 Å². The maximum atomic E-state index is 7.36. The minimum Gasteiger partial charge on any atom is -0.457 e. The van der Waals surface area contributed by atoms with Gasteiger partial charge < -0.3 is 9.30 Å². The first-order valence-electron chi connectivity index (χ1n) is 20.1. The number of para-hydroxylation sites is 2. The summed E-state index contributed by atoms with van der Waals surface area (Å²) < 4.78 is 9.78. The number of benzene rings is 9. The van der Waals surface area contributed by atoms with Gasteiger partial charge in [-0.25, -0.2) is 0 Å². The SMILES string of the molecule is c1ccc(-n2c3ccc(C4(c5ccccc5)c5ccccc5-c5ccccc54)cc3c3c4c(ccc32)[Si](c2ccccc2)(c2ccccc2)c2ccccc2O4)cc1. The molecular weight excluding hydrogens is 719 g/mol. The van der Waals surface area contributed by atoms with Gasteiger partial charge in [-0.1, -0.05) is 188 Å². The summed E-state index contributed by atoms with van der Waals surface area (Å²) >= 11 is 0. The molecule has 0 atom stereocenters. The molecule has 12 rings (SSSR count). The molecule has 0 amide bonds. The van der Waals surface area contributed by atoms with Crippen LogP contribution in [-0.4, -0.2) is 12.6 Å². The molecular formula is C55H37NOSi. The van der Waals surface area contributed by atoms with Crippen molar-refractivity contribution >= 4 is 50.6 Å². The van der Waals surface area contributed by atoms with Crippen molar-refractivity contribution in [3.8, 4) is 28.3 Å². The Bertz CT molecular complexity index is 3100. The minimum absolute atomic E-state index is 0.529. The average Bonchev–Trinajstić information content (AvgIpc) is 3.80. The largest absolute Gasteiger partial charge is 0.457 e. The lowest BCUT2D eigenvalue weighted by molar-refractivity contribution is 0.493. The highest BCUT2D eigenvalue weighted by Gasteiger charge is 2.49. The van der Waals surface area contributed by atoms with Crippen LogP contribution in [0.15, 0.2) is 224 Å². The summed E-state index contributed by atoms with van der Waals surface area (Å²) in [5.41, 5.74) is 10.5. The van der Waals surface area contributed by atoms with E-state index in [1.165, 1.54) is 59.5 Å². The molecule has 9 aromatic carbocycles. The van der Waals surface area contributed by atoms with E-state index in [9.17, 15) is 0 Å². The molecule has 3 heteroatoms. The Hall–Kier alpha value is -7.20. The molecule has 0 saturated carbocycles. The van der Waals surface area contributed by atoms with Crippen molar-refractivity contribution in [3.05, 3.63) is 247 Å². The Morgan fingerprint density at radius 3 is 1.60 bits per heavy atom. The van der Waals surface area contributed by atoms with Crippen LogP contribution >= 0.6 is 0 Å². The Morgan fingerprint density at radius 1 is 0.414 bits per heavy atom. The second-order valence-electron chi connectivity index (χ2n) is 15.5. The van der Waals surface area contributed by atoms with E-state index >= 15 is 0 Å². The number of fused-ring (bicyclic) bond motifs is 9. The summed E-state index contributed by atoms with van der Waals surface area (Å²) in [6.07, 6.45) is 0. The fourth-order valence-electron chi connectivity index (χ4n) is 10.6. The molecule has 10 aromatic rings. The minimum atomic E-state index is -2.89. The van der Waals surface area contributed by atoms with E-state index in [0.717, 1.165) is 33.6 Å². The lowest BCUT2D eigenvalue weighted by Gasteiger charge is -2.39. The van der Waals surface area contributed by atoms with Crippen LogP contribution < -0.4 is 25.5 Å². The molecule has 0 fully saturated rings. The first-order chi connectivity index (χ1) is 28.8. The summed E-state index contributed by atoms with van der Waals surface area (Å²) in [6.45, 7) is 0. The van der Waals surface area contributed by atoms with Crippen LogP contribution in [-0.2, 0) is 5.41 Å². The zero-order valence-electron chi connectivity index (χ0n) is 31.7. The quantitative estimate of drug-likeness (QED) is 0.160. The van der Waals surface area contributed by atoms with E-state index in [4.69, 9.17) is 4.74 Å². The van der Waals surface area contributed by atoms with E-state index in [1.807, 2.05) is 0 Å². The Balaban J connectivity index is 1.25. The molecule has 2 heterocycles. The number of hydrogen-bond donors (Lipinski definition) is 0. The van der Waals surface area contributed by atoms with Crippen LogP contribution in [0.3, 0.4) is 0 Å². The van der Waals surface area contributed by atoms with Gasteiger partial charge in [0.05, 0.1) is 21.8 Å². The van der Waals surface area contributed by atoms with Gasteiger partial charge in [-0.3, -0.25) is 0 Å². The maximum Gasteiger partial charge on any atom is 0.188 e. The summed E-state index contributed by atoms with van der Waals surface area (Å²) in [6, 6.07) is 82.9. The summed E-state index contributed by atoms with van der Waals surface area (Å²) in [5.74, 6) is 1.88. The lowest BCUT2D eigenvalue weighted by atomic mass is 9.67. The first-order valence-corrected chi connectivity index (χ1v) is 22.1. The third kappa shape index (κ3) is 4.37. The molecule has 0 bridgehead atoms. The molecule has 1 aliphatic carbocycles. The Kier molecular flexibility index (Phi) is 7.20. The van der Waals surface area contributed by atoms with Crippen molar-refractivity contribution in [2.75, 3.05) is 0 Å². The van der Waals surface area contributed by atoms with Crippen molar-refractivity contribution in [1.29, 1.82) is 0 Å². The monoisotopic (exact) mass is 755 g/mol. The topological polar surface area (TPSA) is 14.2 Å². The molecule has 58 heavy (non-hydrogen) atoms.